The van der Waals surface area contributed by atoms with Crippen LogP contribution in [0.15, 0.2) is 18.2 Å². The molecule has 0 bridgehead atoms. The van der Waals surface area contributed by atoms with Crippen molar-refractivity contribution in [2.24, 2.45) is 0 Å². The normalized spacial score (nSPS) is 11.5. The second-order valence-corrected chi connectivity index (χ2v) is 5.90. The van der Waals surface area contributed by atoms with Crippen molar-refractivity contribution in [3.8, 4) is 0 Å². The number of halogens is 1. The lowest BCUT2D eigenvalue weighted by atomic mass is 10.2. The lowest BCUT2D eigenvalue weighted by molar-refractivity contribution is 0.0693. The number of carbonyl (C=O) groups is 1. The lowest BCUT2D eigenvalue weighted by Gasteiger charge is -2.12. The second-order valence-electron chi connectivity index (χ2n) is 3.66. The fourth-order valence-corrected chi connectivity index (χ4v) is 1.81. The van der Waals surface area contributed by atoms with Gasteiger partial charge in [-0.1, -0.05) is 6.07 Å². The van der Waals surface area contributed by atoms with Crippen molar-refractivity contribution in [3.63, 3.8) is 0 Å². The zero-order chi connectivity index (χ0) is 13.2. The number of nitrogens with one attached hydrogen (secondary N) is 1. The molecule has 0 saturated carbocycles. The summed E-state index contributed by atoms with van der Waals surface area (Å²) >= 11 is 0. The molecular formula is C10H12FNO4S. The average molecular weight is 261 g/mol. The number of hydrogen-bond donors (Lipinski definition) is 2. The first-order chi connectivity index (χ1) is 7.75. The molecule has 1 aromatic rings. The van der Waals surface area contributed by atoms with Crippen molar-refractivity contribution in [2.75, 3.05) is 4.72 Å². The molecule has 1 aromatic carbocycles. The Labute approximate surface area is 98.3 Å². The van der Waals surface area contributed by atoms with Crippen molar-refractivity contribution in [1.29, 1.82) is 0 Å². The van der Waals surface area contributed by atoms with E-state index in [1.54, 1.807) is 0 Å². The maximum absolute atomic E-state index is 13.3. The molecule has 0 atom stereocenters. The van der Waals surface area contributed by atoms with E-state index in [1.807, 2.05) is 0 Å². The molecule has 17 heavy (non-hydrogen) atoms. The monoisotopic (exact) mass is 261 g/mol. The van der Waals surface area contributed by atoms with Gasteiger partial charge in [-0.15, -0.1) is 0 Å². The Hall–Kier alpha value is -1.63. The minimum atomic E-state index is -3.70. The van der Waals surface area contributed by atoms with Crippen LogP contribution in [0.5, 0.6) is 0 Å². The van der Waals surface area contributed by atoms with E-state index in [9.17, 15) is 17.6 Å². The average Bonchev–Trinajstić information content (AvgIpc) is 2.15. The van der Waals surface area contributed by atoms with Crippen molar-refractivity contribution in [1.82, 2.24) is 0 Å². The van der Waals surface area contributed by atoms with Gasteiger partial charge in [0.05, 0.1) is 10.9 Å². The number of anilines is 1. The molecule has 0 aliphatic heterocycles. The number of sulfonamides is 1. The molecule has 0 radical (unpaired) electrons. The molecule has 0 heterocycles. The molecule has 0 aliphatic rings. The van der Waals surface area contributed by atoms with Gasteiger partial charge in [-0.2, -0.15) is 0 Å². The maximum atomic E-state index is 13.3. The van der Waals surface area contributed by atoms with E-state index in [2.05, 4.69) is 4.72 Å². The summed E-state index contributed by atoms with van der Waals surface area (Å²) in [4.78, 5) is 10.8. The summed E-state index contributed by atoms with van der Waals surface area (Å²) in [5.41, 5.74) is -0.956. The molecule has 0 spiro atoms. The predicted octanol–water partition coefficient (Wildman–Crippen LogP) is 1.67. The predicted molar refractivity (Wildman–Crippen MR) is 61.0 cm³/mol. The van der Waals surface area contributed by atoms with Gasteiger partial charge in [-0.25, -0.2) is 17.6 Å². The van der Waals surface area contributed by atoms with Crippen LogP contribution in [-0.4, -0.2) is 24.7 Å². The molecule has 2 N–H and O–H groups in total. The van der Waals surface area contributed by atoms with Gasteiger partial charge in [-0.05, 0) is 26.0 Å². The van der Waals surface area contributed by atoms with Crippen LogP contribution in [0.2, 0.25) is 0 Å². The highest BCUT2D eigenvalue weighted by Gasteiger charge is 2.21. The van der Waals surface area contributed by atoms with Crippen LogP contribution in [0.4, 0.5) is 10.1 Å². The number of aromatic carboxylic acids is 1. The van der Waals surface area contributed by atoms with Crippen LogP contribution >= 0.6 is 0 Å². The summed E-state index contributed by atoms with van der Waals surface area (Å²) in [6.07, 6.45) is 0. The van der Waals surface area contributed by atoms with Gasteiger partial charge in [-0.3, -0.25) is 4.72 Å². The summed E-state index contributed by atoms with van der Waals surface area (Å²) in [7, 11) is -3.70. The third-order valence-corrected chi connectivity index (χ3v) is 3.85. The van der Waals surface area contributed by atoms with Gasteiger partial charge in [0.2, 0.25) is 10.0 Å². The van der Waals surface area contributed by atoms with Gasteiger partial charge in [0.1, 0.15) is 11.4 Å². The van der Waals surface area contributed by atoms with E-state index in [1.165, 1.54) is 26.0 Å². The molecule has 0 aliphatic carbocycles. The standard InChI is InChI=1S/C10H12FNO4S/c1-6(2)17(15,16)12-8-5-3-4-7(11)9(8)10(13)14/h3-6,12H,1-2H3,(H,13,14). The van der Waals surface area contributed by atoms with E-state index in [4.69, 9.17) is 5.11 Å². The van der Waals surface area contributed by atoms with Crippen LogP contribution < -0.4 is 4.72 Å². The summed E-state index contributed by atoms with van der Waals surface area (Å²) in [5, 5.41) is 8.06. The van der Waals surface area contributed by atoms with Crippen molar-refractivity contribution >= 4 is 21.7 Å². The van der Waals surface area contributed by atoms with E-state index < -0.39 is 32.6 Å². The fraction of sp³-hybridized carbons (Fsp3) is 0.300. The zero-order valence-corrected chi connectivity index (χ0v) is 10.1. The second kappa shape index (κ2) is 4.70. The Morgan fingerprint density at radius 2 is 2.00 bits per heavy atom. The van der Waals surface area contributed by atoms with Gasteiger partial charge >= 0.3 is 5.97 Å². The first-order valence-electron chi connectivity index (χ1n) is 4.79. The summed E-state index contributed by atoms with van der Waals surface area (Å²) in [6.45, 7) is 2.87. The number of hydrogen-bond acceptors (Lipinski definition) is 3. The van der Waals surface area contributed by atoms with Gasteiger partial charge in [0, 0.05) is 0 Å². The molecule has 0 fully saturated rings. The van der Waals surface area contributed by atoms with Gasteiger partial charge < -0.3 is 5.11 Å². The van der Waals surface area contributed by atoms with Crippen molar-refractivity contribution in [2.45, 2.75) is 19.1 Å². The molecule has 1 rings (SSSR count). The Morgan fingerprint density at radius 3 is 2.47 bits per heavy atom. The highest BCUT2D eigenvalue weighted by Crippen LogP contribution is 2.21. The minimum Gasteiger partial charge on any atom is -0.478 e. The Bertz CT molecular complexity index is 539. The van der Waals surface area contributed by atoms with Crippen LogP contribution in [-0.2, 0) is 10.0 Å². The SMILES string of the molecule is CC(C)S(=O)(=O)Nc1cccc(F)c1C(=O)O. The Morgan fingerprint density at radius 1 is 1.41 bits per heavy atom. The van der Waals surface area contributed by atoms with Gasteiger partial charge in [0.15, 0.2) is 0 Å². The van der Waals surface area contributed by atoms with E-state index >= 15 is 0 Å². The summed E-state index contributed by atoms with van der Waals surface area (Å²) in [5.74, 6) is -2.51. The minimum absolute atomic E-state index is 0.272. The quantitative estimate of drug-likeness (QED) is 0.863. The molecule has 0 saturated heterocycles. The van der Waals surface area contributed by atoms with Crippen LogP contribution in [0, 0.1) is 5.82 Å². The first kappa shape index (κ1) is 13.4. The lowest BCUT2D eigenvalue weighted by Crippen LogP contribution is -2.24. The van der Waals surface area contributed by atoms with E-state index in [0.717, 1.165) is 6.07 Å². The molecule has 0 aromatic heterocycles. The maximum Gasteiger partial charge on any atom is 0.340 e. The third kappa shape index (κ3) is 2.94. The highest BCUT2D eigenvalue weighted by molar-refractivity contribution is 7.93. The zero-order valence-electron chi connectivity index (χ0n) is 9.27. The Kier molecular flexibility index (Phi) is 3.72. The largest absolute Gasteiger partial charge is 0.478 e. The number of carboxylic acid groups (broad SMARTS) is 1. The topological polar surface area (TPSA) is 83.5 Å². The van der Waals surface area contributed by atoms with Gasteiger partial charge in [0.25, 0.3) is 0 Å². The molecule has 94 valence electrons. The van der Waals surface area contributed by atoms with Crippen molar-refractivity contribution < 1.29 is 22.7 Å². The van der Waals surface area contributed by atoms with Crippen LogP contribution in [0.1, 0.15) is 24.2 Å². The number of benzene rings is 1. The van der Waals surface area contributed by atoms with E-state index in [-0.39, 0.29) is 5.69 Å². The molecule has 7 heteroatoms. The molecule has 0 amide bonds. The van der Waals surface area contributed by atoms with Crippen LogP contribution in [0.3, 0.4) is 0 Å². The number of rotatable bonds is 4. The summed E-state index contributed by atoms with van der Waals surface area (Å²) < 4.78 is 38.4. The van der Waals surface area contributed by atoms with Crippen LogP contribution in [0.25, 0.3) is 0 Å². The summed E-state index contributed by atoms with van der Waals surface area (Å²) in [6, 6.07) is 3.39. The molecule has 5 nitrogen and oxygen atoms in total. The first-order valence-corrected chi connectivity index (χ1v) is 6.33. The fourth-order valence-electron chi connectivity index (χ4n) is 1.10. The smallest absolute Gasteiger partial charge is 0.340 e. The third-order valence-electron chi connectivity index (χ3n) is 2.10. The Balaban J connectivity index is 3.25. The molecule has 0 unspecified atom stereocenters. The molecular weight excluding hydrogens is 249 g/mol. The number of carboxylic acids is 1. The highest BCUT2D eigenvalue weighted by atomic mass is 32.2. The van der Waals surface area contributed by atoms with Crippen molar-refractivity contribution in [3.05, 3.63) is 29.6 Å². The van der Waals surface area contributed by atoms with E-state index in [0.29, 0.717) is 0 Å².